The Morgan fingerprint density at radius 2 is 1.75 bits per heavy atom. The maximum absolute atomic E-state index is 11.9. The van der Waals surface area contributed by atoms with E-state index in [2.05, 4.69) is 22.7 Å². The van der Waals surface area contributed by atoms with E-state index in [0.29, 0.717) is 26.1 Å². The van der Waals surface area contributed by atoms with Gasteiger partial charge in [0, 0.05) is 31.3 Å². The number of benzene rings is 1. The summed E-state index contributed by atoms with van der Waals surface area (Å²) in [5, 5.41) is 9.97. The quantitative estimate of drug-likeness (QED) is 0.731. The smallest absolute Gasteiger partial charge is 0.314 e. The molecule has 0 spiro atoms. The number of unbranched alkanes of at least 4 members (excludes halogenated alkanes) is 1. The fraction of sp³-hybridized carbons (Fsp3) is 0.389. The number of aryl methyl sites for hydroxylation is 1. The highest BCUT2D eigenvalue weighted by atomic mass is 16.2. The fourth-order valence-corrected chi connectivity index (χ4v) is 2.24. The summed E-state index contributed by atoms with van der Waals surface area (Å²) in [6.45, 7) is 3.73. The summed E-state index contributed by atoms with van der Waals surface area (Å²) in [7, 11) is 0. The molecule has 0 saturated carbocycles. The van der Waals surface area contributed by atoms with Crippen LogP contribution in [-0.4, -0.2) is 28.9 Å². The van der Waals surface area contributed by atoms with E-state index in [0.717, 1.165) is 24.1 Å². The van der Waals surface area contributed by atoms with Crippen LogP contribution in [0.3, 0.4) is 0 Å². The number of urea groups is 1. The van der Waals surface area contributed by atoms with Crippen molar-refractivity contribution in [1.29, 1.82) is 0 Å². The molecular formula is C18H24N4O2. The predicted octanol–water partition coefficient (Wildman–Crippen LogP) is 2.40. The van der Waals surface area contributed by atoms with E-state index in [1.807, 2.05) is 30.3 Å². The van der Waals surface area contributed by atoms with Gasteiger partial charge in [0.05, 0.1) is 5.69 Å². The molecule has 0 aliphatic heterocycles. The van der Waals surface area contributed by atoms with Crippen LogP contribution in [0.2, 0.25) is 0 Å². The highest BCUT2D eigenvalue weighted by molar-refractivity contribution is 5.73. The van der Waals surface area contributed by atoms with Gasteiger partial charge in [-0.3, -0.25) is 4.79 Å². The number of carbonyl (C=O) groups is 1. The van der Waals surface area contributed by atoms with Gasteiger partial charge in [-0.05, 0) is 18.9 Å². The Labute approximate surface area is 141 Å². The molecule has 2 N–H and O–H groups in total. The number of aromatic nitrogens is 2. The maximum Gasteiger partial charge on any atom is 0.314 e. The molecule has 0 aliphatic rings. The zero-order valence-electron chi connectivity index (χ0n) is 14.0. The van der Waals surface area contributed by atoms with Crippen LogP contribution in [0, 0.1) is 0 Å². The topological polar surface area (TPSA) is 76.0 Å². The summed E-state index contributed by atoms with van der Waals surface area (Å²) in [5.41, 5.74) is 1.60. The first-order chi connectivity index (χ1) is 11.7. The zero-order chi connectivity index (χ0) is 17.2. The molecule has 1 aromatic carbocycles. The Hall–Kier alpha value is -2.63. The van der Waals surface area contributed by atoms with Crippen molar-refractivity contribution in [3.8, 4) is 11.3 Å². The average molecular weight is 328 g/mol. The SMILES string of the molecule is CCCCNC(=O)NCCCn1nc(-c2ccccc2)ccc1=O. The molecule has 6 heteroatoms. The second-order valence-corrected chi connectivity index (χ2v) is 5.54. The number of carbonyl (C=O) groups excluding carboxylic acids is 1. The molecule has 0 saturated heterocycles. The van der Waals surface area contributed by atoms with Gasteiger partial charge in [0.15, 0.2) is 0 Å². The molecule has 2 rings (SSSR count). The monoisotopic (exact) mass is 328 g/mol. The lowest BCUT2D eigenvalue weighted by molar-refractivity contribution is 0.240. The van der Waals surface area contributed by atoms with Crippen molar-refractivity contribution in [2.45, 2.75) is 32.7 Å². The molecule has 1 heterocycles. The molecule has 0 aliphatic carbocycles. The number of nitrogens with one attached hydrogen (secondary N) is 2. The summed E-state index contributed by atoms with van der Waals surface area (Å²) in [4.78, 5) is 23.4. The van der Waals surface area contributed by atoms with Gasteiger partial charge >= 0.3 is 6.03 Å². The van der Waals surface area contributed by atoms with Crippen LogP contribution in [0.25, 0.3) is 11.3 Å². The van der Waals surface area contributed by atoms with Crippen molar-refractivity contribution in [1.82, 2.24) is 20.4 Å². The number of hydrogen-bond acceptors (Lipinski definition) is 3. The van der Waals surface area contributed by atoms with Crippen molar-refractivity contribution in [2.75, 3.05) is 13.1 Å². The van der Waals surface area contributed by atoms with Crippen LogP contribution >= 0.6 is 0 Å². The van der Waals surface area contributed by atoms with Gasteiger partial charge in [-0.15, -0.1) is 0 Å². The largest absolute Gasteiger partial charge is 0.338 e. The summed E-state index contributed by atoms with van der Waals surface area (Å²) < 4.78 is 1.44. The Balaban J connectivity index is 1.84. The van der Waals surface area contributed by atoms with E-state index >= 15 is 0 Å². The lowest BCUT2D eigenvalue weighted by Crippen LogP contribution is -2.37. The minimum atomic E-state index is -0.165. The van der Waals surface area contributed by atoms with Gasteiger partial charge in [-0.25, -0.2) is 9.48 Å². The second kappa shape index (κ2) is 9.50. The molecule has 6 nitrogen and oxygen atoms in total. The highest BCUT2D eigenvalue weighted by Crippen LogP contribution is 2.13. The molecule has 24 heavy (non-hydrogen) atoms. The van der Waals surface area contributed by atoms with Crippen LogP contribution in [0.5, 0.6) is 0 Å². The van der Waals surface area contributed by atoms with Crippen molar-refractivity contribution < 1.29 is 4.79 Å². The van der Waals surface area contributed by atoms with Crippen molar-refractivity contribution in [3.05, 3.63) is 52.8 Å². The Morgan fingerprint density at radius 3 is 2.46 bits per heavy atom. The Bertz CT molecular complexity index is 698. The first-order valence-electron chi connectivity index (χ1n) is 8.36. The summed E-state index contributed by atoms with van der Waals surface area (Å²) in [5.74, 6) is 0. The van der Waals surface area contributed by atoms with Crippen molar-refractivity contribution in [2.24, 2.45) is 0 Å². The third-order valence-electron chi connectivity index (χ3n) is 3.58. The zero-order valence-corrected chi connectivity index (χ0v) is 14.0. The van der Waals surface area contributed by atoms with E-state index in [9.17, 15) is 9.59 Å². The minimum Gasteiger partial charge on any atom is -0.338 e. The molecule has 0 radical (unpaired) electrons. The van der Waals surface area contributed by atoms with Crippen LogP contribution in [0.4, 0.5) is 4.79 Å². The molecule has 0 bridgehead atoms. The Morgan fingerprint density at radius 1 is 1.04 bits per heavy atom. The van der Waals surface area contributed by atoms with Gasteiger partial charge in [0.2, 0.25) is 0 Å². The third-order valence-corrected chi connectivity index (χ3v) is 3.58. The molecular weight excluding hydrogens is 304 g/mol. The first-order valence-corrected chi connectivity index (χ1v) is 8.36. The number of rotatable bonds is 8. The number of hydrogen-bond donors (Lipinski definition) is 2. The molecule has 2 aromatic rings. The van der Waals surface area contributed by atoms with E-state index < -0.39 is 0 Å². The first kappa shape index (κ1) is 17.7. The maximum atomic E-state index is 11.9. The lowest BCUT2D eigenvalue weighted by atomic mass is 10.1. The highest BCUT2D eigenvalue weighted by Gasteiger charge is 2.04. The molecule has 2 amide bonds. The van der Waals surface area contributed by atoms with Gasteiger partial charge in [0.1, 0.15) is 0 Å². The molecule has 1 aromatic heterocycles. The third kappa shape index (κ3) is 5.53. The van der Waals surface area contributed by atoms with Crippen molar-refractivity contribution in [3.63, 3.8) is 0 Å². The van der Waals surface area contributed by atoms with Crippen molar-refractivity contribution >= 4 is 6.03 Å². The van der Waals surface area contributed by atoms with Gasteiger partial charge in [-0.1, -0.05) is 43.7 Å². The molecule has 0 unspecified atom stereocenters. The summed E-state index contributed by atoms with van der Waals surface area (Å²) in [6.07, 6.45) is 2.66. The molecule has 0 atom stereocenters. The molecule has 128 valence electrons. The van der Waals surface area contributed by atoms with E-state index in [1.165, 1.54) is 10.7 Å². The summed E-state index contributed by atoms with van der Waals surface area (Å²) in [6, 6.07) is 12.8. The van der Waals surface area contributed by atoms with Crippen LogP contribution in [-0.2, 0) is 6.54 Å². The molecule has 0 fully saturated rings. The van der Waals surface area contributed by atoms with Gasteiger partial charge < -0.3 is 10.6 Å². The number of amides is 2. The summed E-state index contributed by atoms with van der Waals surface area (Å²) >= 11 is 0. The van der Waals surface area contributed by atoms with Crippen LogP contribution < -0.4 is 16.2 Å². The van der Waals surface area contributed by atoms with Gasteiger partial charge in [-0.2, -0.15) is 5.10 Å². The number of nitrogens with zero attached hydrogens (tertiary/aromatic N) is 2. The van der Waals surface area contributed by atoms with E-state index in [1.54, 1.807) is 6.07 Å². The average Bonchev–Trinajstić information content (AvgIpc) is 2.61. The standard InChI is InChI=1S/C18H24N4O2/c1-2-3-12-19-18(24)20-13-7-14-22-17(23)11-10-16(21-22)15-8-5-4-6-9-15/h4-6,8-11H,2-3,7,12-14H2,1H3,(H2,19,20,24). The van der Waals surface area contributed by atoms with Gasteiger partial charge in [0.25, 0.3) is 5.56 Å². The normalized spacial score (nSPS) is 10.4. The van der Waals surface area contributed by atoms with Crippen LogP contribution in [0.1, 0.15) is 26.2 Å². The predicted molar refractivity (Wildman–Crippen MR) is 94.9 cm³/mol. The minimum absolute atomic E-state index is 0.137. The Kier molecular flexibility index (Phi) is 7.01. The fourth-order valence-electron chi connectivity index (χ4n) is 2.24. The van der Waals surface area contributed by atoms with E-state index in [4.69, 9.17) is 0 Å². The second-order valence-electron chi connectivity index (χ2n) is 5.54. The lowest BCUT2D eigenvalue weighted by Gasteiger charge is -2.09. The van der Waals surface area contributed by atoms with Crippen LogP contribution in [0.15, 0.2) is 47.3 Å². The van der Waals surface area contributed by atoms with E-state index in [-0.39, 0.29) is 11.6 Å².